The summed E-state index contributed by atoms with van der Waals surface area (Å²) in [5, 5.41) is 3.81. The number of sulfonamides is 1. The average molecular weight is 368 g/mol. The first-order valence-corrected chi connectivity index (χ1v) is 9.62. The van der Waals surface area contributed by atoms with Crippen molar-refractivity contribution in [3.8, 4) is 0 Å². The third kappa shape index (κ3) is 3.88. The standard InChI is InChI=1S/C16H21FN4O3S/c1-12(16-18-13(2)19-24-16)20-8-3-9-21(11-10-20)25(22,23)15-6-4-14(17)5-7-15/h4-7,12H,3,8-11H2,1-2H3. The normalized spacial score (nSPS) is 18.8. The van der Waals surface area contributed by atoms with Gasteiger partial charge in [0.2, 0.25) is 15.9 Å². The van der Waals surface area contributed by atoms with E-state index in [1.807, 2.05) is 6.92 Å². The number of aromatic nitrogens is 2. The van der Waals surface area contributed by atoms with Crippen LogP contribution in [0.2, 0.25) is 0 Å². The van der Waals surface area contributed by atoms with E-state index in [-0.39, 0.29) is 10.9 Å². The van der Waals surface area contributed by atoms with Gasteiger partial charge in [0, 0.05) is 26.2 Å². The Labute approximate surface area is 146 Å². The van der Waals surface area contributed by atoms with Crippen LogP contribution in [0.3, 0.4) is 0 Å². The van der Waals surface area contributed by atoms with Gasteiger partial charge in [-0.05, 0) is 44.5 Å². The predicted octanol–water partition coefficient (Wildman–Crippen LogP) is 1.97. The molecule has 3 rings (SSSR count). The molecule has 1 aromatic heterocycles. The minimum atomic E-state index is -3.62. The van der Waals surface area contributed by atoms with Crippen LogP contribution in [0.4, 0.5) is 4.39 Å². The zero-order chi connectivity index (χ0) is 18.0. The van der Waals surface area contributed by atoms with E-state index in [0.29, 0.717) is 37.8 Å². The van der Waals surface area contributed by atoms with Crippen LogP contribution in [0.25, 0.3) is 0 Å². The minimum Gasteiger partial charge on any atom is -0.338 e. The van der Waals surface area contributed by atoms with Gasteiger partial charge in [0.05, 0.1) is 10.9 Å². The second-order valence-corrected chi connectivity index (χ2v) is 8.04. The quantitative estimate of drug-likeness (QED) is 0.821. The Morgan fingerprint density at radius 2 is 1.88 bits per heavy atom. The van der Waals surface area contributed by atoms with Gasteiger partial charge in [-0.2, -0.15) is 9.29 Å². The van der Waals surface area contributed by atoms with Gasteiger partial charge in [-0.15, -0.1) is 0 Å². The van der Waals surface area contributed by atoms with E-state index < -0.39 is 15.8 Å². The van der Waals surface area contributed by atoms with E-state index in [2.05, 4.69) is 15.0 Å². The van der Waals surface area contributed by atoms with Gasteiger partial charge < -0.3 is 4.52 Å². The van der Waals surface area contributed by atoms with Crippen LogP contribution in [0, 0.1) is 12.7 Å². The SMILES string of the molecule is Cc1noc(C(C)N2CCCN(S(=O)(=O)c3ccc(F)cc3)CC2)n1. The lowest BCUT2D eigenvalue weighted by Gasteiger charge is -2.25. The zero-order valence-electron chi connectivity index (χ0n) is 14.2. The van der Waals surface area contributed by atoms with Gasteiger partial charge in [-0.3, -0.25) is 4.90 Å². The molecule has 0 spiro atoms. The van der Waals surface area contributed by atoms with Crippen molar-refractivity contribution in [1.29, 1.82) is 0 Å². The van der Waals surface area contributed by atoms with Crippen LogP contribution >= 0.6 is 0 Å². The molecule has 0 aliphatic carbocycles. The largest absolute Gasteiger partial charge is 0.338 e. The lowest BCUT2D eigenvalue weighted by Crippen LogP contribution is -2.36. The van der Waals surface area contributed by atoms with Crippen LogP contribution in [0.5, 0.6) is 0 Å². The number of hydrogen-bond donors (Lipinski definition) is 0. The molecule has 1 fully saturated rings. The summed E-state index contributed by atoms with van der Waals surface area (Å²) in [4.78, 5) is 6.50. The Hall–Kier alpha value is -1.84. The lowest BCUT2D eigenvalue weighted by molar-refractivity contribution is 0.181. The summed E-state index contributed by atoms with van der Waals surface area (Å²) < 4.78 is 45.2. The molecule has 2 heterocycles. The molecule has 1 aliphatic heterocycles. The molecule has 1 atom stereocenters. The molecule has 0 saturated carbocycles. The van der Waals surface area contributed by atoms with E-state index in [1.165, 1.54) is 16.4 Å². The summed E-state index contributed by atoms with van der Waals surface area (Å²) in [5.41, 5.74) is 0. The Kier molecular flexibility index (Phi) is 5.16. The van der Waals surface area contributed by atoms with Gasteiger partial charge in [0.1, 0.15) is 5.82 Å². The summed E-state index contributed by atoms with van der Waals surface area (Å²) in [7, 11) is -3.62. The summed E-state index contributed by atoms with van der Waals surface area (Å²) in [5.74, 6) is 0.661. The molecule has 0 N–H and O–H groups in total. The van der Waals surface area contributed by atoms with Crippen molar-refractivity contribution >= 4 is 10.0 Å². The summed E-state index contributed by atoms with van der Waals surface area (Å²) >= 11 is 0. The van der Waals surface area contributed by atoms with Gasteiger partial charge in [-0.25, -0.2) is 12.8 Å². The van der Waals surface area contributed by atoms with E-state index >= 15 is 0 Å². The lowest BCUT2D eigenvalue weighted by atomic mass is 10.2. The van der Waals surface area contributed by atoms with Crippen LogP contribution in [0.15, 0.2) is 33.7 Å². The fourth-order valence-electron chi connectivity index (χ4n) is 2.94. The monoisotopic (exact) mass is 368 g/mol. The second kappa shape index (κ2) is 7.19. The summed E-state index contributed by atoms with van der Waals surface area (Å²) in [6, 6.07) is 4.86. The number of nitrogens with zero attached hydrogens (tertiary/aromatic N) is 4. The van der Waals surface area contributed by atoms with E-state index in [1.54, 1.807) is 6.92 Å². The fraction of sp³-hybridized carbons (Fsp3) is 0.500. The Morgan fingerprint density at radius 3 is 2.52 bits per heavy atom. The smallest absolute Gasteiger partial charge is 0.243 e. The molecule has 9 heteroatoms. The molecule has 2 aromatic rings. The second-order valence-electron chi connectivity index (χ2n) is 6.10. The Balaban J connectivity index is 1.71. The van der Waals surface area contributed by atoms with Crippen molar-refractivity contribution in [2.75, 3.05) is 26.2 Å². The Bertz CT molecular complexity index is 822. The van der Waals surface area contributed by atoms with Crippen molar-refractivity contribution in [3.05, 3.63) is 41.8 Å². The van der Waals surface area contributed by atoms with Crippen LogP contribution in [-0.2, 0) is 10.0 Å². The van der Waals surface area contributed by atoms with Gasteiger partial charge in [-0.1, -0.05) is 5.16 Å². The number of rotatable bonds is 4. The topological polar surface area (TPSA) is 79.5 Å². The third-order valence-electron chi connectivity index (χ3n) is 4.39. The van der Waals surface area contributed by atoms with Crippen LogP contribution in [0.1, 0.15) is 31.1 Å². The molecule has 1 unspecified atom stereocenters. The number of benzene rings is 1. The number of aryl methyl sites for hydroxylation is 1. The number of hydrogen-bond acceptors (Lipinski definition) is 6. The van der Waals surface area contributed by atoms with Crippen LogP contribution < -0.4 is 0 Å². The van der Waals surface area contributed by atoms with E-state index in [9.17, 15) is 12.8 Å². The highest BCUT2D eigenvalue weighted by molar-refractivity contribution is 7.89. The van der Waals surface area contributed by atoms with Gasteiger partial charge in [0.25, 0.3) is 0 Å². The maximum Gasteiger partial charge on any atom is 0.243 e. The number of halogens is 1. The van der Waals surface area contributed by atoms with E-state index in [0.717, 1.165) is 18.7 Å². The van der Waals surface area contributed by atoms with E-state index in [4.69, 9.17) is 4.52 Å². The van der Waals surface area contributed by atoms with Gasteiger partial charge >= 0.3 is 0 Å². The van der Waals surface area contributed by atoms with Crippen molar-refractivity contribution in [2.24, 2.45) is 0 Å². The molecule has 1 saturated heterocycles. The molecule has 0 bridgehead atoms. The fourth-order valence-corrected chi connectivity index (χ4v) is 4.41. The minimum absolute atomic E-state index is 0.0744. The average Bonchev–Trinajstić information content (AvgIpc) is 2.86. The molecule has 1 aliphatic rings. The van der Waals surface area contributed by atoms with Gasteiger partial charge in [0.15, 0.2) is 5.82 Å². The molecule has 0 amide bonds. The first kappa shape index (κ1) is 18.0. The highest BCUT2D eigenvalue weighted by atomic mass is 32.2. The van der Waals surface area contributed by atoms with Crippen molar-refractivity contribution in [2.45, 2.75) is 31.2 Å². The zero-order valence-corrected chi connectivity index (χ0v) is 15.0. The van der Waals surface area contributed by atoms with Crippen molar-refractivity contribution < 1.29 is 17.3 Å². The Morgan fingerprint density at radius 1 is 1.16 bits per heavy atom. The molecule has 0 radical (unpaired) electrons. The van der Waals surface area contributed by atoms with Crippen molar-refractivity contribution in [3.63, 3.8) is 0 Å². The summed E-state index contributed by atoms with van der Waals surface area (Å²) in [6.07, 6.45) is 0.692. The predicted molar refractivity (Wildman–Crippen MR) is 88.8 cm³/mol. The molecule has 25 heavy (non-hydrogen) atoms. The maximum atomic E-state index is 13.1. The molecule has 7 nitrogen and oxygen atoms in total. The third-order valence-corrected chi connectivity index (χ3v) is 6.30. The first-order valence-electron chi connectivity index (χ1n) is 8.18. The molecular formula is C16H21FN4O3S. The molecular weight excluding hydrogens is 347 g/mol. The maximum absolute atomic E-state index is 13.1. The van der Waals surface area contributed by atoms with Crippen LogP contribution in [-0.4, -0.2) is 53.9 Å². The highest BCUT2D eigenvalue weighted by Gasteiger charge is 2.29. The summed E-state index contributed by atoms with van der Waals surface area (Å²) in [6.45, 7) is 5.81. The molecule has 136 valence electrons. The molecule has 1 aromatic carbocycles. The first-order chi connectivity index (χ1) is 11.9. The van der Waals surface area contributed by atoms with Crippen molar-refractivity contribution in [1.82, 2.24) is 19.3 Å². The highest BCUT2D eigenvalue weighted by Crippen LogP contribution is 2.23.